The van der Waals surface area contributed by atoms with Gasteiger partial charge in [0.25, 0.3) is 0 Å². The highest BCUT2D eigenvalue weighted by atomic mass is 16.4. The Morgan fingerprint density at radius 1 is 1.61 bits per heavy atom. The lowest BCUT2D eigenvalue weighted by atomic mass is 9.82. The van der Waals surface area contributed by atoms with E-state index in [2.05, 4.69) is 15.0 Å². The highest BCUT2D eigenvalue weighted by molar-refractivity contribution is 5.74. The quantitative estimate of drug-likeness (QED) is 0.865. The van der Waals surface area contributed by atoms with Crippen LogP contribution >= 0.6 is 0 Å². The molecule has 1 N–H and O–H groups in total. The summed E-state index contributed by atoms with van der Waals surface area (Å²) < 4.78 is 1.85. The minimum atomic E-state index is -0.704. The van der Waals surface area contributed by atoms with Crippen molar-refractivity contribution in [2.75, 3.05) is 13.1 Å². The van der Waals surface area contributed by atoms with Gasteiger partial charge in [-0.2, -0.15) is 5.10 Å². The Balaban J connectivity index is 2.04. The van der Waals surface area contributed by atoms with Crippen molar-refractivity contribution in [1.82, 2.24) is 19.7 Å². The maximum absolute atomic E-state index is 11.3. The normalized spacial score (nSPS) is 25.2. The lowest BCUT2D eigenvalue weighted by Gasteiger charge is -2.37. The Morgan fingerprint density at radius 3 is 3.06 bits per heavy atom. The van der Waals surface area contributed by atoms with Crippen LogP contribution in [-0.2, 0) is 17.9 Å². The molecular weight excluding hydrogens is 232 g/mol. The molecule has 1 aliphatic heterocycles. The number of carbonyl (C=O) groups is 1. The molecule has 0 aromatic carbocycles. The highest BCUT2D eigenvalue weighted by Crippen LogP contribution is 2.30. The van der Waals surface area contributed by atoms with Gasteiger partial charge in [0.1, 0.15) is 12.2 Å². The molecule has 0 bridgehead atoms. The maximum Gasteiger partial charge on any atom is 0.310 e. The van der Waals surface area contributed by atoms with E-state index in [0.29, 0.717) is 13.1 Å². The van der Waals surface area contributed by atoms with Gasteiger partial charge in [-0.15, -0.1) is 0 Å². The molecule has 1 saturated heterocycles. The summed E-state index contributed by atoms with van der Waals surface area (Å²) in [7, 11) is 0. The summed E-state index contributed by atoms with van der Waals surface area (Å²) in [6.45, 7) is 6.83. The maximum atomic E-state index is 11.3. The lowest BCUT2D eigenvalue weighted by Crippen LogP contribution is -2.45. The van der Waals surface area contributed by atoms with Gasteiger partial charge in [0.05, 0.1) is 12.0 Å². The summed E-state index contributed by atoms with van der Waals surface area (Å²) in [4.78, 5) is 17.7. The van der Waals surface area contributed by atoms with Gasteiger partial charge >= 0.3 is 5.97 Å². The molecule has 6 nitrogen and oxygen atoms in total. The average Bonchev–Trinajstić information content (AvgIpc) is 2.76. The van der Waals surface area contributed by atoms with Crippen LogP contribution in [0.15, 0.2) is 6.33 Å². The fraction of sp³-hybridized carbons (Fsp3) is 0.750. The molecule has 0 radical (unpaired) electrons. The van der Waals surface area contributed by atoms with E-state index in [1.54, 1.807) is 6.33 Å². The molecule has 1 aromatic heterocycles. The van der Waals surface area contributed by atoms with E-state index >= 15 is 0 Å². The molecule has 2 heterocycles. The molecule has 0 aliphatic carbocycles. The van der Waals surface area contributed by atoms with Gasteiger partial charge in [0.15, 0.2) is 0 Å². The molecule has 1 aliphatic rings. The smallest absolute Gasteiger partial charge is 0.310 e. The molecular formula is C12H20N4O2. The van der Waals surface area contributed by atoms with Crippen molar-refractivity contribution >= 4 is 5.97 Å². The van der Waals surface area contributed by atoms with Gasteiger partial charge in [0, 0.05) is 13.1 Å². The first-order chi connectivity index (χ1) is 8.55. The molecule has 100 valence electrons. The zero-order valence-electron chi connectivity index (χ0n) is 11.0. The Kier molecular flexibility index (Phi) is 3.65. The fourth-order valence-electron chi connectivity index (χ4n) is 2.53. The van der Waals surface area contributed by atoms with Gasteiger partial charge in [-0.25, -0.2) is 9.67 Å². The van der Waals surface area contributed by atoms with Crippen molar-refractivity contribution < 1.29 is 9.90 Å². The Bertz CT molecular complexity index is 431. The Morgan fingerprint density at radius 2 is 2.39 bits per heavy atom. The van der Waals surface area contributed by atoms with Gasteiger partial charge in [0.2, 0.25) is 0 Å². The number of aliphatic carboxylic acids is 1. The first-order valence-electron chi connectivity index (χ1n) is 6.37. The highest BCUT2D eigenvalue weighted by Gasteiger charge is 2.37. The van der Waals surface area contributed by atoms with Gasteiger partial charge < -0.3 is 5.11 Å². The van der Waals surface area contributed by atoms with E-state index < -0.39 is 11.4 Å². The number of carboxylic acids is 1. The molecule has 0 amide bonds. The van der Waals surface area contributed by atoms with E-state index in [0.717, 1.165) is 31.8 Å². The van der Waals surface area contributed by atoms with Crippen LogP contribution in [0.3, 0.4) is 0 Å². The zero-order valence-corrected chi connectivity index (χ0v) is 11.0. The Hall–Kier alpha value is -1.43. The van der Waals surface area contributed by atoms with Crippen molar-refractivity contribution in [1.29, 1.82) is 0 Å². The summed E-state index contributed by atoms with van der Waals surface area (Å²) in [6.07, 6.45) is 3.22. The third-order valence-electron chi connectivity index (χ3n) is 3.65. The second kappa shape index (κ2) is 5.06. The Labute approximate surface area is 107 Å². The topological polar surface area (TPSA) is 71.2 Å². The van der Waals surface area contributed by atoms with Crippen LogP contribution in [-0.4, -0.2) is 43.8 Å². The van der Waals surface area contributed by atoms with E-state index in [9.17, 15) is 9.90 Å². The SMILES string of the molecule is CCn1ncnc1CN1CCCC(C)(C(=O)O)C1. The number of carboxylic acid groups (broad SMARTS) is 1. The zero-order chi connectivity index (χ0) is 13.2. The number of aryl methyl sites for hydroxylation is 1. The molecule has 18 heavy (non-hydrogen) atoms. The largest absolute Gasteiger partial charge is 0.481 e. The predicted molar refractivity (Wildman–Crippen MR) is 65.9 cm³/mol. The van der Waals surface area contributed by atoms with Crippen LogP contribution in [0.2, 0.25) is 0 Å². The number of nitrogens with zero attached hydrogens (tertiary/aromatic N) is 4. The van der Waals surface area contributed by atoms with E-state index in [1.165, 1.54) is 0 Å². The summed E-state index contributed by atoms with van der Waals surface area (Å²) in [5.74, 6) is 0.205. The molecule has 2 rings (SSSR count). The predicted octanol–water partition coefficient (Wildman–Crippen LogP) is 0.985. The van der Waals surface area contributed by atoms with Crippen LogP contribution in [0.1, 0.15) is 32.5 Å². The van der Waals surface area contributed by atoms with Gasteiger partial charge in [-0.1, -0.05) is 0 Å². The molecule has 0 spiro atoms. The number of hydrogen-bond acceptors (Lipinski definition) is 4. The number of rotatable bonds is 4. The van der Waals surface area contributed by atoms with Crippen LogP contribution in [0.4, 0.5) is 0 Å². The second-order valence-corrected chi connectivity index (χ2v) is 5.17. The van der Waals surface area contributed by atoms with E-state index in [4.69, 9.17) is 0 Å². The van der Waals surface area contributed by atoms with Crippen molar-refractivity contribution in [2.45, 2.75) is 39.8 Å². The summed E-state index contributed by atoms with van der Waals surface area (Å²) >= 11 is 0. The van der Waals surface area contributed by atoms with Crippen LogP contribution in [0.5, 0.6) is 0 Å². The first-order valence-corrected chi connectivity index (χ1v) is 6.37. The van der Waals surface area contributed by atoms with Crippen LogP contribution in [0, 0.1) is 5.41 Å². The molecule has 1 atom stereocenters. The van der Waals surface area contributed by atoms with Crippen molar-refractivity contribution in [3.8, 4) is 0 Å². The standard InChI is InChI=1S/C12H20N4O2/c1-3-16-10(13-9-14-16)7-15-6-4-5-12(2,8-15)11(17)18/h9H,3-8H2,1-2H3,(H,17,18). The van der Waals surface area contributed by atoms with Crippen molar-refractivity contribution in [3.63, 3.8) is 0 Å². The van der Waals surface area contributed by atoms with Crippen molar-refractivity contribution in [3.05, 3.63) is 12.2 Å². The summed E-state index contributed by atoms with van der Waals surface area (Å²) in [6, 6.07) is 0. The monoisotopic (exact) mass is 252 g/mol. The lowest BCUT2D eigenvalue weighted by molar-refractivity contribution is -0.151. The third kappa shape index (κ3) is 2.53. The minimum Gasteiger partial charge on any atom is -0.481 e. The number of piperidine rings is 1. The molecule has 1 unspecified atom stereocenters. The van der Waals surface area contributed by atoms with E-state index in [1.807, 2.05) is 18.5 Å². The third-order valence-corrected chi connectivity index (χ3v) is 3.65. The molecule has 1 fully saturated rings. The van der Waals surface area contributed by atoms with Crippen LogP contribution < -0.4 is 0 Å². The number of likely N-dealkylation sites (tertiary alicyclic amines) is 1. The fourth-order valence-corrected chi connectivity index (χ4v) is 2.53. The van der Waals surface area contributed by atoms with Gasteiger partial charge in [-0.3, -0.25) is 9.69 Å². The summed E-state index contributed by atoms with van der Waals surface area (Å²) in [5.41, 5.74) is -0.630. The molecule has 0 saturated carbocycles. The minimum absolute atomic E-state index is 0.582. The molecule has 6 heteroatoms. The number of aromatic nitrogens is 3. The second-order valence-electron chi connectivity index (χ2n) is 5.17. The first kappa shape index (κ1) is 13.0. The number of hydrogen-bond donors (Lipinski definition) is 1. The summed E-state index contributed by atoms with van der Waals surface area (Å²) in [5, 5.41) is 13.4. The average molecular weight is 252 g/mol. The molecule has 1 aromatic rings. The van der Waals surface area contributed by atoms with E-state index in [-0.39, 0.29) is 0 Å². The van der Waals surface area contributed by atoms with Crippen LogP contribution in [0.25, 0.3) is 0 Å². The van der Waals surface area contributed by atoms with Crippen molar-refractivity contribution in [2.24, 2.45) is 5.41 Å². The van der Waals surface area contributed by atoms with Gasteiger partial charge in [-0.05, 0) is 33.2 Å².